The smallest absolute Gasteiger partial charge is 0.0694 e. The predicted molar refractivity (Wildman–Crippen MR) is 68.6 cm³/mol. The topological polar surface area (TPSA) is 46.2 Å². The van der Waals surface area contributed by atoms with Gasteiger partial charge in [0.2, 0.25) is 0 Å². The SMILES string of the molecule is Cc1cccc(C(C)CC(O)C(C)N)c1C. The fourth-order valence-electron chi connectivity index (χ4n) is 2.01. The Balaban J connectivity index is 2.80. The number of rotatable bonds is 4. The monoisotopic (exact) mass is 221 g/mol. The number of aliphatic hydroxyl groups is 1. The van der Waals surface area contributed by atoms with E-state index in [1.807, 2.05) is 6.92 Å². The standard InChI is InChI=1S/C14H23NO/c1-9-6-5-7-13(11(9)3)10(2)8-14(16)12(4)15/h5-7,10,12,14,16H,8,15H2,1-4H3. The van der Waals surface area contributed by atoms with Gasteiger partial charge in [0, 0.05) is 6.04 Å². The van der Waals surface area contributed by atoms with Crippen LogP contribution < -0.4 is 5.73 Å². The van der Waals surface area contributed by atoms with Gasteiger partial charge >= 0.3 is 0 Å². The lowest BCUT2D eigenvalue weighted by atomic mass is 9.88. The van der Waals surface area contributed by atoms with Crippen LogP contribution in [0.1, 0.15) is 42.9 Å². The van der Waals surface area contributed by atoms with Crippen molar-refractivity contribution in [1.82, 2.24) is 0 Å². The van der Waals surface area contributed by atoms with Gasteiger partial charge in [-0.25, -0.2) is 0 Å². The third kappa shape index (κ3) is 3.06. The van der Waals surface area contributed by atoms with Gasteiger partial charge < -0.3 is 10.8 Å². The summed E-state index contributed by atoms with van der Waals surface area (Å²) in [7, 11) is 0. The van der Waals surface area contributed by atoms with Gasteiger partial charge in [0.15, 0.2) is 0 Å². The zero-order chi connectivity index (χ0) is 12.3. The van der Waals surface area contributed by atoms with Crippen LogP contribution in [0.5, 0.6) is 0 Å². The zero-order valence-corrected chi connectivity index (χ0v) is 10.7. The molecule has 0 heterocycles. The second-order valence-corrected chi connectivity index (χ2v) is 4.85. The van der Waals surface area contributed by atoms with Crippen molar-refractivity contribution in [1.29, 1.82) is 0 Å². The van der Waals surface area contributed by atoms with Crippen LogP contribution in [0.2, 0.25) is 0 Å². The van der Waals surface area contributed by atoms with Crippen molar-refractivity contribution in [2.24, 2.45) is 5.73 Å². The minimum Gasteiger partial charge on any atom is -0.392 e. The summed E-state index contributed by atoms with van der Waals surface area (Å²) in [6.45, 7) is 8.25. The normalized spacial score (nSPS) is 16.9. The minimum absolute atomic E-state index is 0.160. The molecule has 16 heavy (non-hydrogen) atoms. The van der Waals surface area contributed by atoms with Crippen molar-refractivity contribution in [2.75, 3.05) is 0 Å². The first-order chi connectivity index (χ1) is 7.43. The van der Waals surface area contributed by atoms with Crippen molar-refractivity contribution in [2.45, 2.75) is 52.2 Å². The maximum atomic E-state index is 9.79. The summed E-state index contributed by atoms with van der Waals surface area (Å²) < 4.78 is 0. The fourth-order valence-corrected chi connectivity index (χ4v) is 2.01. The minimum atomic E-state index is -0.421. The average molecular weight is 221 g/mol. The maximum absolute atomic E-state index is 9.79. The summed E-state index contributed by atoms with van der Waals surface area (Å²) in [5, 5.41) is 9.79. The lowest BCUT2D eigenvalue weighted by Gasteiger charge is -2.21. The lowest BCUT2D eigenvalue weighted by molar-refractivity contribution is 0.134. The molecule has 2 heteroatoms. The summed E-state index contributed by atoms with van der Waals surface area (Å²) in [6.07, 6.45) is 0.303. The van der Waals surface area contributed by atoms with Gasteiger partial charge in [-0.1, -0.05) is 25.1 Å². The summed E-state index contributed by atoms with van der Waals surface area (Å²) in [4.78, 5) is 0. The number of hydrogen-bond donors (Lipinski definition) is 2. The lowest BCUT2D eigenvalue weighted by Crippen LogP contribution is -2.32. The molecule has 90 valence electrons. The van der Waals surface area contributed by atoms with Gasteiger partial charge in [-0.15, -0.1) is 0 Å². The van der Waals surface area contributed by atoms with E-state index in [4.69, 9.17) is 5.73 Å². The van der Waals surface area contributed by atoms with Crippen LogP contribution in [0.15, 0.2) is 18.2 Å². The van der Waals surface area contributed by atoms with E-state index in [0.717, 1.165) is 6.42 Å². The van der Waals surface area contributed by atoms with E-state index in [1.165, 1.54) is 16.7 Å². The van der Waals surface area contributed by atoms with Crippen molar-refractivity contribution < 1.29 is 5.11 Å². The van der Waals surface area contributed by atoms with Crippen molar-refractivity contribution in [3.63, 3.8) is 0 Å². The Morgan fingerprint density at radius 3 is 2.44 bits per heavy atom. The van der Waals surface area contributed by atoms with Crippen LogP contribution in [-0.4, -0.2) is 17.3 Å². The molecule has 3 unspecified atom stereocenters. The van der Waals surface area contributed by atoms with Crippen molar-refractivity contribution >= 4 is 0 Å². The molecule has 3 N–H and O–H groups in total. The molecule has 3 atom stereocenters. The molecule has 0 fully saturated rings. The summed E-state index contributed by atoms with van der Waals surface area (Å²) in [5.41, 5.74) is 9.63. The molecule has 0 saturated heterocycles. The van der Waals surface area contributed by atoms with Crippen molar-refractivity contribution in [3.05, 3.63) is 34.9 Å². The van der Waals surface area contributed by atoms with E-state index < -0.39 is 6.10 Å². The van der Waals surface area contributed by atoms with Crippen LogP contribution in [0.3, 0.4) is 0 Å². The van der Waals surface area contributed by atoms with E-state index in [9.17, 15) is 5.11 Å². The van der Waals surface area contributed by atoms with Crippen LogP contribution in [0, 0.1) is 13.8 Å². The summed E-state index contributed by atoms with van der Waals surface area (Å²) in [5.74, 6) is 0.348. The highest BCUT2D eigenvalue weighted by Gasteiger charge is 2.16. The molecule has 0 aromatic heterocycles. The Morgan fingerprint density at radius 1 is 1.25 bits per heavy atom. The van der Waals surface area contributed by atoms with E-state index in [1.54, 1.807) is 0 Å². The number of hydrogen-bond acceptors (Lipinski definition) is 2. The Morgan fingerprint density at radius 2 is 1.88 bits per heavy atom. The highest BCUT2D eigenvalue weighted by Crippen LogP contribution is 2.26. The maximum Gasteiger partial charge on any atom is 0.0694 e. The average Bonchev–Trinajstić information content (AvgIpc) is 2.21. The Labute approximate surface area is 98.5 Å². The van der Waals surface area contributed by atoms with Crippen LogP contribution in [-0.2, 0) is 0 Å². The number of nitrogens with two attached hydrogens (primary N) is 1. The van der Waals surface area contributed by atoms with E-state index in [0.29, 0.717) is 5.92 Å². The van der Waals surface area contributed by atoms with Gasteiger partial charge in [0.25, 0.3) is 0 Å². The predicted octanol–water partition coefficient (Wildman–Crippen LogP) is 2.51. The first kappa shape index (κ1) is 13.2. The molecule has 0 spiro atoms. The van der Waals surface area contributed by atoms with Crippen LogP contribution in [0.25, 0.3) is 0 Å². The van der Waals surface area contributed by atoms with Gasteiger partial charge in [-0.3, -0.25) is 0 Å². The molecular weight excluding hydrogens is 198 g/mol. The highest BCUT2D eigenvalue weighted by molar-refractivity contribution is 5.35. The quantitative estimate of drug-likeness (QED) is 0.820. The Hall–Kier alpha value is -0.860. The molecule has 0 aliphatic carbocycles. The molecule has 0 radical (unpaired) electrons. The summed E-state index contributed by atoms with van der Waals surface area (Å²) >= 11 is 0. The Bertz CT molecular complexity index is 347. The van der Waals surface area contributed by atoms with Crippen molar-refractivity contribution in [3.8, 4) is 0 Å². The van der Waals surface area contributed by atoms with Gasteiger partial charge in [-0.2, -0.15) is 0 Å². The third-order valence-corrected chi connectivity index (χ3v) is 3.38. The molecule has 1 rings (SSSR count). The molecule has 0 bridgehead atoms. The third-order valence-electron chi connectivity index (χ3n) is 3.38. The molecule has 1 aromatic rings. The van der Waals surface area contributed by atoms with E-state index >= 15 is 0 Å². The van der Waals surface area contributed by atoms with Crippen LogP contribution >= 0.6 is 0 Å². The van der Waals surface area contributed by atoms with Gasteiger partial charge in [0.05, 0.1) is 6.10 Å². The number of aliphatic hydroxyl groups excluding tert-OH is 1. The second kappa shape index (κ2) is 5.46. The number of benzene rings is 1. The summed E-state index contributed by atoms with van der Waals surface area (Å²) in [6, 6.07) is 6.17. The molecule has 0 amide bonds. The largest absolute Gasteiger partial charge is 0.392 e. The van der Waals surface area contributed by atoms with E-state index in [-0.39, 0.29) is 6.04 Å². The molecule has 2 nitrogen and oxygen atoms in total. The first-order valence-electron chi connectivity index (χ1n) is 5.93. The molecule has 0 saturated carbocycles. The first-order valence-corrected chi connectivity index (χ1v) is 5.93. The van der Waals surface area contributed by atoms with Gasteiger partial charge in [0.1, 0.15) is 0 Å². The molecule has 0 aliphatic rings. The zero-order valence-electron chi connectivity index (χ0n) is 10.7. The highest BCUT2D eigenvalue weighted by atomic mass is 16.3. The van der Waals surface area contributed by atoms with Gasteiger partial charge in [-0.05, 0) is 49.8 Å². The fraction of sp³-hybridized carbons (Fsp3) is 0.571. The van der Waals surface area contributed by atoms with Crippen LogP contribution in [0.4, 0.5) is 0 Å². The molecular formula is C14H23NO. The second-order valence-electron chi connectivity index (χ2n) is 4.85. The van der Waals surface area contributed by atoms with E-state index in [2.05, 4.69) is 39.0 Å². The number of aryl methyl sites for hydroxylation is 1. The molecule has 0 aliphatic heterocycles. The Kier molecular flexibility index (Phi) is 4.51. The molecule has 1 aromatic carbocycles.